The molecular formula is C7H10ClN3O2S. The molecule has 5 nitrogen and oxygen atoms in total. The van der Waals surface area contributed by atoms with Crippen LogP contribution in [0.4, 0.5) is 0 Å². The molecule has 1 heterocycles. The minimum Gasteiger partial charge on any atom is -0.324 e. The van der Waals surface area contributed by atoms with Crippen LogP contribution < -0.4 is 4.72 Å². The quantitative estimate of drug-likeness (QED) is 0.831. The SMILES string of the molecule is Cn1cnc(S(=O)(=O)NC2CC2)c1Cl. The third-order valence-corrected chi connectivity index (χ3v) is 4.00. The van der Waals surface area contributed by atoms with Gasteiger partial charge < -0.3 is 4.57 Å². The number of hydrogen-bond donors (Lipinski definition) is 1. The van der Waals surface area contributed by atoms with Crippen LogP contribution in [-0.2, 0) is 17.1 Å². The molecule has 7 heteroatoms. The molecule has 0 radical (unpaired) electrons. The summed E-state index contributed by atoms with van der Waals surface area (Å²) in [4.78, 5) is 3.75. The number of nitrogens with zero attached hydrogens (tertiary/aromatic N) is 2. The lowest BCUT2D eigenvalue weighted by Crippen LogP contribution is -2.26. The van der Waals surface area contributed by atoms with Gasteiger partial charge in [-0.25, -0.2) is 18.1 Å². The molecular weight excluding hydrogens is 226 g/mol. The number of imidazole rings is 1. The van der Waals surface area contributed by atoms with Crippen molar-refractivity contribution in [3.63, 3.8) is 0 Å². The molecule has 0 aliphatic heterocycles. The molecule has 1 N–H and O–H groups in total. The Labute approximate surface area is 87.1 Å². The highest BCUT2D eigenvalue weighted by molar-refractivity contribution is 7.89. The maximum absolute atomic E-state index is 11.6. The number of aryl methyl sites for hydroxylation is 1. The van der Waals surface area contributed by atoms with Gasteiger partial charge in [0.25, 0.3) is 10.0 Å². The Morgan fingerprint density at radius 2 is 2.29 bits per heavy atom. The first-order valence-corrected chi connectivity index (χ1v) is 6.06. The summed E-state index contributed by atoms with van der Waals surface area (Å²) in [7, 11) is -1.88. The van der Waals surface area contributed by atoms with E-state index in [0.717, 1.165) is 12.8 Å². The Balaban J connectivity index is 2.32. The van der Waals surface area contributed by atoms with Crippen LogP contribution in [0.3, 0.4) is 0 Å². The Kier molecular flexibility index (Phi) is 2.29. The summed E-state index contributed by atoms with van der Waals surface area (Å²) in [5.74, 6) is 0. The van der Waals surface area contributed by atoms with Gasteiger partial charge in [0.15, 0.2) is 0 Å². The van der Waals surface area contributed by atoms with E-state index in [2.05, 4.69) is 9.71 Å². The maximum atomic E-state index is 11.6. The van der Waals surface area contributed by atoms with Crippen LogP contribution in [0.25, 0.3) is 0 Å². The number of rotatable bonds is 3. The fourth-order valence-corrected chi connectivity index (χ4v) is 2.79. The van der Waals surface area contributed by atoms with Crippen LogP contribution in [0.5, 0.6) is 0 Å². The van der Waals surface area contributed by atoms with E-state index in [1.165, 1.54) is 10.9 Å². The first-order valence-electron chi connectivity index (χ1n) is 4.20. The molecule has 0 spiro atoms. The molecule has 1 aromatic heterocycles. The van der Waals surface area contributed by atoms with Crippen LogP contribution in [-0.4, -0.2) is 24.0 Å². The predicted octanol–water partition coefficient (Wildman–Crippen LogP) is 0.514. The molecule has 1 aromatic rings. The first kappa shape index (κ1) is 9.95. The van der Waals surface area contributed by atoms with Crippen LogP contribution in [0.1, 0.15) is 12.8 Å². The van der Waals surface area contributed by atoms with E-state index < -0.39 is 10.0 Å². The average molecular weight is 236 g/mol. The lowest BCUT2D eigenvalue weighted by atomic mass is 10.8. The largest absolute Gasteiger partial charge is 0.324 e. The van der Waals surface area contributed by atoms with E-state index in [-0.39, 0.29) is 16.2 Å². The maximum Gasteiger partial charge on any atom is 0.261 e. The van der Waals surface area contributed by atoms with Crippen molar-refractivity contribution in [3.8, 4) is 0 Å². The highest BCUT2D eigenvalue weighted by Gasteiger charge is 2.30. The Bertz CT molecular complexity index is 450. The minimum atomic E-state index is -3.52. The van der Waals surface area contributed by atoms with Crippen LogP contribution in [0.15, 0.2) is 11.4 Å². The van der Waals surface area contributed by atoms with E-state index in [1.807, 2.05) is 0 Å². The smallest absolute Gasteiger partial charge is 0.261 e. The van der Waals surface area contributed by atoms with Crippen LogP contribution in [0.2, 0.25) is 5.15 Å². The van der Waals surface area contributed by atoms with Gasteiger partial charge in [0.2, 0.25) is 5.03 Å². The number of sulfonamides is 1. The van der Waals surface area contributed by atoms with Crippen LogP contribution in [0, 0.1) is 0 Å². The van der Waals surface area contributed by atoms with Gasteiger partial charge in [0, 0.05) is 13.1 Å². The summed E-state index contributed by atoms with van der Waals surface area (Å²) in [5.41, 5.74) is 0. The number of hydrogen-bond acceptors (Lipinski definition) is 3. The molecule has 1 fully saturated rings. The third kappa shape index (κ3) is 1.77. The van der Waals surface area contributed by atoms with E-state index >= 15 is 0 Å². The van der Waals surface area contributed by atoms with Crippen molar-refractivity contribution in [3.05, 3.63) is 11.5 Å². The van der Waals surface area contributed by atoms with Crippen LogP contribution >= 0.6 is 11.6 Å². The molecule has 78 valence electrons. The van der Waals surface area contributed by atoms with E-state index in [1.54, 1.807) is 7.05 Å². The molecule has 1 aliphatic carbocycles. The Hall–Kier alpha value is -0.590. The monoisotopic (exact) mass is 235 g/mol. The summed E-state index contributed by atoms with van der Waals surface area (Å²) in [5, 5.41) is 0.0479. The Morgan fingerprint density at radius 3 is 2.71 bits per heavy atom. The van der Waals surface area contributed by atoms with E-state index in [4.69, 9.17) is 11.6 Å². The zero-order valence-corrected chi connectivity index (χ0v) is 9.14. The molecule has 0 bridgehead atoms. The van der Waals surface area contributed by atoms with Gasteiger partial charge in [-0.3, -0.25) is 0 Å². The van der Waals surface area contributed by atoms with Gasteiger partial charge in [0.1, 0.15) is 5.15 Å². The average Bonchev–Trinajstić information content (AvgIpc) is 2.80. The third-order valence-electron chi connectivity index (χ3n) is 1.99. The van der Waals surface area contributed by atoms with Gasteiger partial charge >= 0.3 is 0 Å². The number of nitrogens with one attached hydrogen (secondary N) is 1. The molecule has 0 atom stereocenters. The van der Waals surface area contributed by atoms with Gasteiger partial charge in [-0.1, -0.05) is 11.6 Å². The van der Waals surface area contributed by atoms with Gasteiger partial charge in [-0.15, -0.1) is 0 Å². The molecule has 0 amide bonds. The Morgan fingerprint density at radius 1 is 1.64 bits per heavy atom. The van der Waals surface area contributed by atoms with Crippen molar-refractivity contribution in [2.24, 2.45) is 7.05 Å². The summed E-state index contributed by atoms with van der Waals surface area (Å²) in [6.45, 7) is 0. The first-order chi connectivity index (χ1) is 6.50. The predicted molar refractivity (Wildman–Crippen MR) is 51.6 cm³/mol. The summed E-state index contributed by atoms with van der Waals surface area (Å²) < 4.78 is 27.3. The van der Waals surface area contributed by atoms with Crippen molar-refractivity contribution in [1.29, 1.82) is 0 Å². The second-order valence-corrected chi connectivity index (χ2v) is 5.33. The number of halogens is 1. The molecule has 14 heavy (non-hydrogen) atoms. The number of aromatic nitrogens is 2. The summed E-state index contributed by atoms with van der Waals surface area (Å²) >= 11 is 5.78. The van der Waals surface area contributed by atoms with Crippen molar-refractivity contribution in [1.82, 2.24) is 14.3 Å². The van der Waals surface area contributed by atoms with E-state index in [9.17, 15) is 8.42 Å². The van der Waals surface area contributed by atoms with Gasteiger partial charge in [-0.05, 0) is 12.8 Å². The lowest BCUT2D eigenvalue weighted by Gasteiger charge is -2.02. The zero-order chi connectivity index (χ0) is 10.3. The fraction of sp³-hybridized carbons (Fsp3) is 0.571. The lowest BCUT2D eigenvalue weighted by molar-refractivity contribution is 0.578. The van der Waals surface area contributed by atoms with Gasteiger partial charge in [-0.2, -0.15) is 0 Å². The molecule has 0 saturated heterocycles. The molecule has 0 aromatic carbocycles. The zero-order valence-electron chi connectivity index (χ0n) is 7.57. The molecule has 2 rings (SSSR count). The summed E-state index contributed by atoms with van der Waals surface area (Å²) in [6, 6.07) is 0.0677. The second-order valence-electron chi connectivity index (χ2n) is 3.35. The standard InChI is InChI=1S/C7H10ClN3O2S/c1-11-4-9-7(6(11)8)14(12,13)10-5-2-3-5/h4-5,10H,2-3H2,1H3. The summed E-state index contributed by atoms with van der Waals surface area (Å²) in [6.07, 6.45) is 3.16. The topological polar surface area (TPSA) is 64.0 Å². The molecule has 0 unspecified atom stereocenters. The van der Waals surface area contributed by atoms with E-state index in [0.29, 0.717) is 0 Å². The minimum absolute atomic E-state index is 0.0677. The second kappa shape index (κ2) is 3.22. The fourth-order valence-electron chi connectivity index (χ4n) is 1.05. The molecule has 1 aliphatic rings. The highest BCUT2D eigenvalue weighted by Crippen LogP contribution is 2.24. The van der Waals surface area contributed by atoms with Crippen molar-refractivity contribution < 1.29 is 8.42 Å². The highest BCUT2D eigenvalue weighted by atomic mass is 35.5. The van der Waals surface area contributed by atoms with Crippen molar-refractivity contribution in [2.75, 3.05) is 0 Å². The van der Waals surface area contributed by atoms with Crippen molar-refractivity contribution in [2.45, 2.75) is 23.9 Å². The molecule has 1 saturated carbocycles. The van der Waals surface area contributed by atoms with Crippen molar-refractivity contribution >= 4 is 21.6 Å². The normalized spacial score (nSPS) is 17.3. The van der Waals surface area contributed by atoms with Gasteiger partial charge in [0.05, 0.1) is 6.33 Å².